The molecule has 1 aromatic carbocycles. The van der Waals surface area contributed by atoms with E-state index >= 15 is 0 Å². The lowest BCUT2D eigenvalue weighted by Gasteiger charge is -2.11. The summed E-state index contributed by atoms with van der Waals surface area (Å²) in [6.45, 7) is 2.08. The van der Waals surface area contributed by atoms with Gasteiger partial charge in [-0.3, -0.25) is 4.79 Å². The second kappa shape index (κ2) is 5.92. The summed E-state index contributed by atoms with van der Waals surface area (Å²) in [5.41, 5.74) is 0.900. The Bertz CT molecular complexity index is 639. The van der Waals surface area contributed by atoms with E-state index in [1.807, 2.05) is 18.2 Å². The van der Waals surface area contributed by atoms with E-state index in [-0.39, 0.29) is 5.91 Å². The molecule has 0 radical (unpaired) electrons. The number of nitrogens with one attached hydrogen (secondary N) is 1. The van der Waals surface area contributed by atoms with Gasteiger partial charge in [-0.25, -0.2) is 4.98 Å². The molecule has 1 N–H and O–H groups in total. The van der Waals surface area contributed by atoms with E-state index in [0.717, 1.165) is 14.6 Å². The van der Waals surface area contributed by atoms with E-state index in [1.165, 1.54) is 24.6 Å². The highest BCUT2D eigenvalue weighted by atomic mass is 35.5. The van der Waals surface area contributed by atoms with Crippen molar-refractivity contribution >= 4 is 50.8 Å². The van der Waals surface area contributed by atoms with Gasteiger partial charge in [0.1, 0.15) is 0 Å². The third kappa shape index (κ3) is 3.45. The maximum Gasteiger partial charge on any atom is 0.230 e. The number of nitrogens with zero attached hydrogens (tertiary/aromatic N) is 1. The van der Waals surface area contributed by atoms with Gasteiger partial charge in [0.15, 0.2) is 4.34 Å². The van der Waals surface area contributed by atoms with Crippen molar-refractivity contribution in [1.29, 1.82) is 0 Å². The van der Waals surface area contributed by atoms with Crippen LogP contribution < -0.4 is 5.32 Å². The second-order valence-electron chi connectivity index (χ2n) is 5.07. The molecule has 1 aromatic heterocycles. The molecule has 2 aromatic rings. The van der Waals surface area contributed by atoms with Crippen molar-refractivity contribution in [2.24, 2.45) is 5.92 Å². The van der Waals surface area contributed by atoms with Gasteiger partial charge in [-0.1, -0.05) is 23.4 Å². The monoisotopic (exact) mass is 326 g/mol. The van der Waals surface area contributed by atoms with Crippen molar-refractivity contribution in [1.82, 2.24) is 10.3 Å². The summed E-state index contributed by atoms with van der Waals surface area (Å²) in [6.07, 6.45) is 2.49. The molecule has 20 heavy (non-hydrogen) atoms. The first-order chi connectivity index (χ1) is 9.61. The molecule has 1 fully saturated rings. The number of fused-ring (bicyclic) bond motifs is 1. The smallest absolute Gasteiger partial charge is 0.230 e. The molecule has 1 aliphatic carbocycles. The molecular formula is C14H15ClN2OS2. The average Bonchev–Trinajstić information content (AvgIpc) is 3.17. The van der Waals surface area contributed by atoms with Crippen LogP contribution in [0.2, 0.25) is 5.02 Å². The molecule has 0 spiro atoms. The summed E-state index contributed by atoms with van der Waals surface area (Å²) in [6, 6.07) is 5.99. The minimum absolute atomic E-state index is 0.0895. The van der Waals surface area contributed by atoms with Crippen LogP contribution in [0.15, 0.2) is 22.5 Å². The topological polar surface area (TPSA) is 42.0 Å². The van der Waals surface area contributed by atoms with Crippen molar-refractivity contribution in [3.63, 3.8) is 0 Å². The fourth-order valence-electron chi connectivity index (χ4n) is 2.08. The number of rotatable bonds is 5. The molecule has 3 nitrogen and oxygen atoms in total. The maximum atomic E-state index is 11.9. The number of aromatic nitrogens is 1. The van der Waals surface area contributed by atoms with Crippen LogP contribution in [0, 0.1) is 5.92 Å². The number of carbonyl (C=O) groups excluding carboxylic acids is 1. The summed E-state index contributed by atoms with van der Waals surface area (Å²) in [7, 11) is 0. The fraction of sp³-hybridized carbons (Fsp3) is 0.429. The van der Waals surface area contributed by atoms with E-state index in [0.29, 0.717) is 22.7 Å². The Morgan fingerprint density at radius 1 is 1.60 bits per heavy atom. The predicted molar refractivity (Wildman–Crippen MR) is 85.7 cm³/mol. The zero-order chi connectivity index (χ0) is 14.1. The van der Waals surface area contributed by atoms with E-state index < -0.39 is 0 Å². The third-order valence-corrected chi connectivity index (χ3v) is 5.79. The van der Waals surface area contributed by atoms with Gasteiger partial charge in [-0.15, -0.1) is 11.3 Å². The Kier molecular flexibility index (Phi) is 4.19. The van der Waals surface area contributed by atoms with Gasteiger partial charge >= 0.3 is 0 Å². The van der Waals surface area contributed by atoms with Crippen molar-refractivity contribution in [2.45, 2.75) is 30.1 Å². The fourth-order valence-corrected chi connectivity index (χ4v) is 4.10. The number of amides is 1. The normalized spacial score (nSPS) is 16.3. The molecule has 3 rings (SSSR count). The van der Waals surface area contributed by atoms with Crippen LogP contribution in [-0.4, -0.2) is 22.7 Å². The lowest BCUT2D eigenvalue weighted by molar-refractivity contribution is -0.119. The van der Waals surface area contributed by atoms with Crippen molar-refractivity contribution in [2.75, 3.05) is 5.75 Å². The Balaban J connectivity index is 1.57. The average molecular weight is 327 g/mol. The van der Waals surface area contributed by atoms with Crippen LogP contribution in [0.3, 0.4) is 0 Å². The second-order valence-corrected chi connectivity index (χ2v) is 7.76. The molecule has 0 aliphatic heterocycles. The Labute approximate surface area is 131 Å². The first-order valence-electron chi connectivity index (χ1n) is 6.60. The predicted octanol–water partition coefficient (Wildman–Crippen LogP) is 3.96. The highest BCUT2D eigenvalue weighted by Crippen LogP contribution is 2.33. The molecule has 1 saturated carbocycles. The van der Waals surface area contributed by atoms with Crippen LogP contribution in [0.4, 0.5) is 0 Å². The highest BCUT2D eigenvalue weighted by molar-refractivity contribution is 8.01. The SMILES string of the molecule is C[C@@H](NC(=O)CSc1nc2cc(Cl)ccc2s1)C1CC1. The highest BCUT2D eigenvalue weighted by Gasteiger charge is 2.28. The molecule has 1 aliphatic rings. The first kappa shape index (κ1) is 14.2. The van der Waals surface area contributed by atoms with E-state index in [2.05, 4.69) is 17.2 Å². The van der Waals surface area contributed by atoms with Crippen LogP contribution in [0.1, 0.15) is 19.8 Å². The lowest BCUT2D eigenvalue weighted by atomic mass is 10.2. The van der Waals surface area contributed by atoms with Crippen LogP contribution >= 0.6 is 34.7 Å². The maximum absolute atomic E-state index is 11.9. The first-order valence-corrected chi connectivity index (χ1v) is 8.78. The van der Waals surface area contributed by atoms with Crippen LogP contribution in [-0.2, 0) is 4.79 Å². The number of thioether (sulfide) groups is 1. The number of hydrogen-bond donors (Lipinski definition) is 1. The van der Waals surface area contributed by atoms with Crippen LogP contribution in [0.25, 0.3) is 10.2 Å². The van der Waals surface area contributed by atoms with Gasteiger partial charge in [0.25, 0.3) is 0 Å². The molecule has 0 bridgehead atoms. The number of hydrogen-bond acceptors (Lipinski definition) is 4. The van der Waals surface area contributed by atoms with Gasteiger partial charge in [-0.2, -0.15) is 0 Å². The summed E-state index contributed by atoms with van der Waals surface area (Å²) >= 11 is 9.03. The molecular weight excluding hydrogens is 312 g/mol. The minimum atomic E-state index is 0.0895. The third-order valence-electron chi connectivity index (χ3n) is 3.37. The molecule has 1 amide bonds. The van der Waals surface area contributed by atoms with Crippen molar-refractivity contribution in [3.05, 3.63) is 23.2 Å². The van der Waals surface area contributed by atoms with Gasteiger partial charge < -0.3 is 5.32 Å². The Morgan fingerprint density at radius 2 is 2.40 bits per heavy atom. The number of halogens is 1. The van der Waals surface area contributed by atoms with E-state index in [9.17, 15) is 4.79 Å². The molecule has 0 unspecified atom stereocenters. The zero-order valence-corrected chi connectivity index (χ0v) is 13.4. The number of benzene rings is 1. The molecule has 0 saturated heterocycles. The van der Waals surface area contributed by atoms with Crippen molar-refractivity contribution < 1.29 is 4.79 Å². The number of carbonyl (C=O) groups is 1. The van der Waals surface area contributed by atoms with Gasteiger partial charge in [0.05, 0.1) is 16.0 Å². The standard InChI is InChI=1S/C14H15ClN2OS2/c1-8(9-2-3-9)16-13(18)7-19-14-17-11-6-10(15)4-5-12(11)20-14/h4-6,8-9H,2-3,7H2,1H3,(H,16,18)/t8-/m1/s1. The summed E-state index contributed by atoms with van der Waals surface area (Å²) in [4.78, 5) is 16.3. The zero-order valence-electron chi connectivity index (χ0n) is 11.1. The van der Waals surface area contributed by atoms with E-state index in [1.54, 1.807) is 11.3 Å². The van der Waals surface area contributed by atoms with Gasteiger partial charge in [0, 0.05) is 11.1 Å². The molecule has 1 atom stereocenters. The Morgan fingerprint density at radius 3 is 3.15 bits per heavy atom. The minimum Gasteiger partial charge on any atom is -0.353 e. The molecule has 6 heteroatoms. The largest absolute Gasteiger partial charge is 0.353 e. The summed E-state index contributed by atoms with van der Waals surface area (Å²) in [5.74, 6) is 1.20. The Hall–Kier alpha value is -0.780. The van der Waals surface area contributed by atoms with E-state index in [4.69, 9.17) is 11.6 Å². The summed E-state index contributed by atoms with van der Waals surface area (Å²) in [5, 5.41) is 3.74. The van der Waals surface area contributed by atoms with Gasteiger partial charge in [0.2, 0.25) is 5.91 Å². The lowest BCUT2D eigenvalue weighted by Crippen LogP contribution is -2.35. The quantitative estimate of drug-likeness (QED) is 0.846. The molecule has 1 heterocycles. The van der Waals surface area contributed by atoms with Crippen molar-refractivity contribution in [3.8, 4) is 0 Å². The number of thiazole rings is 1. The summed E-state index contributed by atoms with van der Waals surface area (Å²) < 4.78 is 2.01. The van der Waals surface area contributed by atoms with Gasteiger partial charge in [-0.05, 0) is 43.9 Å². The van der Waals surface area contributed by atoms with Crippen LogP contribution in [0.5, 0.6) is 0 Å². The molecule has 106 valence electrons.